The Labute approximate surface area is 189 Å². The van der Waals surface area contributed by atoms with Gasteiger partial charge in [-0.2, -0.15) is 0 Å². The number of rotatable bonds is 7. The SMILES string of the molecule is CCn1c(CSc2nc3ccccc3s2)nnc1SCC(=O)N1[C@H](C)CCC[C@H]1C. The average molecular weight is 462 g/mol. The van der Waals surface area contributed by atoms with Crippen LogP contribution in [-0.2, 0) is 17.1 Å². The number of hydrogen-bond donors (Lipinski definition) is 0. The van der Waals surface area contributed by atoms with Crippen LogP contribution in [0, 0.1) is 0 Å². The van der Waals surface area contributed by atoms with Crippen molar-refractivity contribution in [3.05, 3.63) is 30.1 Å². The van der Waals surface area contributed by atoms with Gasteiger partial charge >= 0.3 is 0 Å². The van der Waals surface area contributed by atoms with Crippen molar-refractivity contribution in [2.24, 2.45) is 0 Å². The number of carbonyl (C=O) groups is 1. The number of piperidine rings is 1. The molecule has 0 spiro atoms. The van der Waals surface area contributed by atoms with Gasteiger partial charge in [0.2, 0.25) is 5.91 Å². The van der Waals surface area contributed by atoms with Crippen LogP contribution in [0.5, 0.6) is 0 Å². The van der Waals surface area contributed by atoms with Crippen LogP contribution in [0.3, 0.4) is 0 Å². The summed E-state index contributed by atoms with van der Waals surface area (Å²) in [6, 6.07) is 8.85. The molecule has 4 rings (SSSR count). The number of nitrogens with zero attached hydrogens (tertiary/aromatic N) is 5. The third kappa shape index (κ3) is 4.68. The molecule has 1 aromatic carbocycles. The van der Waals surface area contributed by atoms with E-state index in [0.29, 0.717) is 17.8 Å². The third-order valence-electron chi connectivity index (χ3n) is 5.51. The lowest BCUT2D eigenvalue weighted by atomic mass is 9.98. The average Bonchev–Trinajstić information content (AvgIpc) is 3.33. The standard InChI is InChI=1S/C21H27N5OS3/c1-4-25-18(12-29-21-22-16-10-5-6-11-17(16)30-21)23-24-20(25)28-13-19(27)26-14(2)8-7-9-15(26)3/h5-6,10-11,14-15H,4,7-9,12-13H2,1-3H3/t14-,15-/m1/s1. The fourth-order valence-corrected chi connectivity index (χ4v) is 6.90. The molecular weight excluding hydrogens is 434 g/mol. The molecule has 1 fully saturated rings. The first-order chi connectivity index (χ1) is 14.6. The molecule has 160 valence electrons. The lowest BCUT2D eigenvalue weighted by Crippen LogP contribution is -2.48. The van der Waals surface area contributed by atoms with Gasteiger partial charge in [-0.3, -0.25) is 4.79 Å². The van der Waals surface area contributed by atoms with Gasteiger partial charge in [0.05, 0.1) is 21.7 Å². The van der Waals surface area contributed by atoms with E-state index in [9.17, 15) is 4.79 Å². The molecule has 1 saturated heterocycles. The molecule has 3 aromatic rings. The fourth-order valence-electron chi connectivity index (χ4n) is 4.00. The zero-order valence-electron chi connectivity index (χ0n) is 17.6. The lowest BCUT2D eigenvalue weighted by Gasteiger charge is -2.39. The van der Waals surface area contributed by atoms with Crippen LogP contribution in [0.2, 0.25) is 0 Å². The van der Waals surface area contributed by atoms with Crippen molar-refractivity contribution in [2.75, 3.05) is 5.75 Å². The van der Waals surface area contributed by atoms with Crippen molar-refractivity contribution in [1.29, 1.82) is 0 Å². The maximum Gasteiger partial charge on any atom is 0.233 e. The van der Waals surface area contributed by atoms with E-state index in [-0.39, 0.29) is 5.91 Å². The van der Waals surface area contributed by atoms with Crippen molar-refractivity contribution in [2.45, 2.75) is 73.9 Å². The van der Waals surface area contributed by atoms with E-state index in [1.807, 2.05) is 18.2 Å². The van der Waals surface area contributed by atoms with Crippen LogP contribution in [0.4, 0.5) is 0 Å². The summed E-state index contributed by atoms with van der Waals surface area (Å²) in [5, 5.41) is 9.59. The summed E-state index contributed by atoms with van der Waals surface area (Å²) in [4.78, 5) is 19.6. The molecule has 0 saturated carbocycles. The van der Waals surface area contributed by atoms with Crippen molar-refractivity contribution in [1.82, 2.24) is 24.6 Å². The van der Waals surface area contributed by atoms with Gasteiger partial charge in [-0.1, -0.05) is 35.7 Å². The van der Waals surface area contributed by atoms with Crippen LogP contribution in [0.1, 0.15) is 45.9 Å². The summed E-state index contributed by atoms with van der Waals surface area (Å²) in [6.45, 7) is 7.19. The first-order valence-corrected chi connectivity index (χ1v) is 13.2. The molecule has 1 aliphatic rings. The van der Waals surface area contributed by atoms with Gasteiger partial charge in [0.15, 0.2) is 9.50 Å². The number of para-hydroxylation sites is 1. The maximum atomic E-state index is 12.8. The highest BCUT2D eigenvalue weighted by molar-refractivity contribution is 8.00. The Kier molecular flexibility index (Phi) is 7.00. The lowest BCUT2D eigenvalue weighted by molar-refractivity contribution is -0.134. The predicted octanol–water partition coefficient (Wildman–Crippen LogP) is 5.08. The Morgan fingerprint density at radius 2 is 1.93 bits per heavy atom. The zero-order valence-corrected chi connectivity index (χ0v) is 20.0. The van der Waals surface area contributed by atoms with Gasteiger partial charge < -0.3 is 9.47 Å². The number of carbonyl (C=O) groups excluding carboxylic acids is 1. The smallest absolute Gasteiger partial charge is 0.233 e. The number of hydrogen-bond acceptors (Lipinski definition) is 7. The highest BCUT2D eigenvalue weighted by atomic mass is 32.2. The van der Waals surface area contributed by atoms with Gasteiger partial charge in [-0.25, -0.2) is 4.98 Å². The van der Waals surface area contributed by atoms with Gasteiger partial charge in [0.1, 0.15) is 5.82 Å². The molecule has 0 aliphatic carbocycles. The molecule has 0 radical (unpaired) electrons. The molecule has 2 aromatic heterocycles. The zero-order chi connectivity index (χ0) is 21.1. The summed E-state index contributed by atoms with van der Waals surface area (Å²) >= 11 is 4.90. The number of thioether (sulfide) groups is 2. The van der Waals surface area contributed by atoms with E-state index < -0.39 is 0 Å². The molecule has 3 heterocycles. The highest BCUT2D eigenvalue weighted by Crippen LogP contribution is 2.32. The third-order valence-corrected chi connectivity index (χ3v) is 8.64. The summed E-state index contributed by atoms with van der Waals surface area (Å²) in [5.41, 5.74) is 1.04. The Hall–Kier alpha value is -1.58. The predicted molar refractivity (Wildman–Crippen MR) is 125 cm³/mol. The van der Waals surface area contributed by atoms with E-state index in [2.05, 4.69) is 51.5 Å². The van der Waals surface area contributed by atoms with Gasteiger partial charge in [-0.15, -0.1) is 21.5 Å². The Balaban J connectivity index is 1.38. The Morgan fingerprint density at radius 3 is 2.67 bits per heavy atom. The molecule has 6 nitrogen and oxygen atoms in total. The minimum atomic E-state index is 0.204. The largest absolute Gasteiger partial charge is 0.337 e. The highest BCUT2D eigenvalue weighted by Gasteiger charge is 2.29. The molecule has 30 heavy (non-hydrogen) atoms. The van der Waals surface area contributed by atoms with E-state index >= 15 is 0 Å². The molecule has 0 bridgehead atoms. The number of fused-ring (bicyclic) bond motifs is 1. The molecule has 9 heteroatoms. The van der Waals surface area contributed by atoms with Crippen molar-refractivity contribution in [3.8, 4) is 0 Å². The summed E-state index contributed by atoms with van der Waals surface area (Å²) in [6.07, 6.45) is 3.40. The first-order valence-electron chi connectivity index (χ1n) is 10.4. The summed E-state index contributed by atoms with van der Waals surface area (Å²) in [5.74, 6) is 2.26. The van der Waals surface area contributed by atoms with Crippen molar-refractivity contribution < 1.29 is 4.79 Å². The number of thiazole rings is 1. The Bertz CT molecular complexity index is 974. The quantitative estimate of drug-likeness (QED) is 0.457. The molecular formula is C21H27N5OS3. The van der Waals surface area contributed by atoms with Crippen LogP contribution in [-0.4, -0.2) is 48.4 Å². The van der Waals surface area contributed by atoms with Gasteiger partial charge in [0.25, 0.3) is 0 Å². The van der Waals surface area contributed by atoms with E-state index in [1.165, 1.54) is 22.9 Å². The van der Waals surface area contributed by atoms with Crippen molar-refractivity contribution >= 4 is 51.0 Å². The minimum absolute atomic E-state index is 0.204. The van der Waals surface area contributed by atoms with Gasteiger partial charge in [0, 0.05) is 18.6 Å². The normalized spacial score (nSPS) is 19.5. The van der Waals surface area contributed by atoms with Crippen LogP contribution in [0.25, 0.3) is 10.2 Å². The topological polar surface area (TPSA) is 63.9 Å². The van der Waals surface area contributed by atoms with Crippen LogP contribution < -0.4 is 0 Å². The fraction of sp³-hybridized carbons (Fsp3) is 0.524. The second kappa shape index (κ2) is 9.70. The van der Waals surface area contributed by atoms with Crippen molar-refractivity contribution in [3.63, 3.8) is 0 Å². The Morgan fingerprint density at radius 1 is 1.17 bits per heavy atom. The number of aromatic nitrogens is 4. The van der Waals surface area contributed by atoms with E-state index in [0.717, 1.165) is 46.0 Å². The molecule has 1 amide bonds. The van der Waals surface area contributed by atoms with Crippen LogP contribution in [0.15, 0.2) is 33.8 Å². The second-order valence-electron chi connectivity index (χ2n) is 7.60. The summed E-state index contributed by atoms with van der Waals surface area (Å²) < 4.78 is 4.36. The summed E-state index contributed by atoms with van der Waals surface area (Å²) in [7, 11) is 0. The van der Waals surface area contributed by atoms with Gasteiger partial charge in [-0.05, 0) is 52.2 Å². The number of benzene rings is 1. The monoisotopic (exact) mass is 461 g/mol. The molecule has 0 N–H and O–H groups in total. The number of amides is 1. The first kappa shape index (κ1) is 21.6. The molecule has 2 atom stereocenters. The minimum Gasteiger partial charge on any atom is -0.337 e. The van der Waals surface area contributed by atoms with E-state index in [4.69, 9.17) is 0 Å². The second-order valence-corrected chi connectivity index (χ2v) is 10.8. The molecule has 1 aliphatic heterocycles. The maximum absolute atomic E-state index is 12.8. The van der Waals surface area contributed by atoms with Crippen LogP contribution >= 0.6 is 34.9 Å². The molecule has 0 unspecified atom stereocenters. The van der Waals surface area contributed by atoms with E-state index in [1.54, 1.807) is 23.1 Å². The number of likely N-dealkylation sites (tertiary alicyclic amines) is 1.